The molecule has 1 atom stereocenters. The van der Waals surface area contributed by atoms with Gasteiger partial charge >= 0.3 is 5.97 Å². The van der Waals surface area contributed by atoms with Crippen molar-refractivity contribution in [3.05, 3.63) is 17.5 Å². The van der Waals surface area contributed by atoms with E-state index in [-0.39, 0.29) is 19.2 Å². The van der Waals surface area contributed by atoms with Gasteiger partial charge in [0.1, 0.15) is 0 Å². The van der Waals surface area contributed by atoms with E-state index in [1.165, 1.54) is 0 Å². The number of aromatic nitrogens is 2. The molecule has 1 aromatic heterocycles. The molecule has 0 aromatic carbocycles. The van der Waals surface area contributed by atoms with Gasteiger partial charge in [-0.25, -0.2) is 0 Å². The standard InChI is InChI=1S/C10H15N3O3/c1-7-3-13-9(2-8(6-14)11-13)4-12(7)5-10(15)16/h2,7,14H,3-6H2,1H3,(H,15,16)/t7-/m0/s1. The summed E-state index contributed by atoms with van der Waals surface area (Å²) in [6, 6.07) is 1.97. The van der Waals surface area contributed by atoms with Crippen molar-refractivity contribution < 1.29 is 15.0 Å². The molecule has 88 valence electrons. The average molecular weight is 225 g/mol. The van der Waals surface area contributed by atoms with Crippen molar-refractivity contribution in [1.29, 1.82) is 0 Å². The topological polar surface area (TPSA) is 78.6 Å². The smallest absolute Gasteiger partial charge is 0.317 e. The van der Waals surface area contributed by atoms with Gasteiger partial charge in [0.05, 0.1) is 31.1 Å². The molecule has 6 nitrogen and oxygen atoms in total. The summed E-state index contributed by atoms with van der Waals surface area (Å²) >= 11 is 0. The summed E-state index contributed by atoms with van der Waals surface area (Å²) in [6.45, 7) is 3.18. The molecule has 0 bridgehead atoms. The zero-order chi connectivity index (χ0) is 11.7. The van der Waals surface area contributed by atoms with Crippen molar-refractivity contribution in [2.75, 3.05) is 6.54 Å². The van der Waals surface area contributed by atoms with Gasteiger partial charge in [-0.1, -0.05) is 0 Å². The second-order valence-corrected chi connectivity index (χ2v) is 4.11. The van der Waals surface area contributed by atoms with Crippen LogP contribution in [-0.2, 0) is 24.5 Å². The zero-order valence-corrected chi connectivity index (χ0v) is 9.13. The lowest BCUT2D eigenvalue weighted by Gasteiger charge is -2.32. The molecule has 0 radical (unpaired) electrons. The molecule has 2 N–H and O–H groups in total. The summed E-state index contributed by atoms with van der Waals surface area (Å²) in [4.78, 5) is 12.6. The van der Waals surface area contributed by atoms with Gasteiger partial charge in [0, 0.05) is 12.6 Å². The van der Waals surface area contributed by atoms with Gasteiger partial charge < -0.3 is 10.2 Å². The number of aliphatic hydroxyl groups is 1. The van der Waals surface area contributed by atoms with E-state index < -0.39 is 5.97 Å². The maximum absolute atomic E-state index is 10.7. The number of aliphatic hydroxyl groups excluding tert-OH is 1. The first-order valence-corrected chi connectivity index (χ1v) is 5.22. The van der Waals surface area contributed by atoms with Crippen LogP contribution in [0.4, 0.5) is 0 Å². The molecule has 1 aliphatic heterocycles. The lowest BCUT2D eigenvalue weighted by Crippen LogP contribution is -2.43. The normalized spacial score (nSPS) is 20.8. The Morgan fingerprint density at radius 3 is 3.06 bits per heavy atom. The van der Waals surface area contributed by atoms with Crippen molar-refractivity contribution in [2.45, 2.75) is 32.7 Å². The number of rotatable bonds is 3. The van der Waals surface area contributed by atoms with E-state index in [4.69, 9.17) is 10.2 Å². The number of carboxylic acid groups (broad SMARTS) is 1. The van der Waals surface area contributed by atoms with Crippen LogP contribution >= 0.6 is 0 Å². The van der Waals surface area contributed by atoms with E-state index in [0.717, 1.165) is 5.69 Å². The molecule has 0 spiro atoms. The Labute approximate surface area is 93.1 Å². The van der Waals surface area contributed by atoms with Crippen LogP contribution in [-0.4, -0.2) is 43.4 Å². The van der Waals surface area contributed by atoms with E-state index in [2.05, 4.69) is 5.10 Å². The Hall–Kier alpha value is -1.40. The Kier molecular flexibility index (Phi) is 2.93. The predicted molar refractivity (Wildman–Crippen MR) is 55.7 cm³/mol. The van der Waals surface area contributed by atoms with Crippen LogP contribution < -0.4 is 0 Å². The molecule has 2 heterocycles. The summed E-state index contributed by atoms with van der Waals surface area (Å²) < 4.78 is 1.84. The molecule has 6 heteroatoms. The van der Waals surface area contributed by atoms with Crippen molar-refractivity contribution >= 4 is 5.97 Å². The number of nitrogens with zero attached hydrogens (tertiary/aromatic N) is 3. The molecule has 2 rings (SSSR count). The van der Waals surface area contributed by atoms with Gasteiger partial charge in [0.25, 0.3) is 0 Å². The molecule has 1 aromatic rings. The van der Waals surface area contributed by atoms with Crippen molar-refractivity contribution in [1.82, 2.24) is 14.7 Å². The molecule has 0 amide bonds. The van der Waals surface area contributed by atoms with Gasteiger partial charge in [-0.05, 0) is 13.0 Å². The van der Waals surface area contributed by atoms with Crippen LogP contribution in [0, 0.1) is 0 Å². The molecule has 0 unspecified atom stereocenters. The van der Waals surface area contributed by atoms with Gasteiger partial charge in [-0.15, -0.1) is 0 Å². The highest BCUT2D eigenvalue weighted by molar-refractivity contribution is 5.69. The molecule has 0 saturated carbocycles. The summed E-state index contributed by atoms with van der Waals surface area (Å²) in [5.74, 6) is -0.817. The minimum Gasteiger partial charge on any atom is -0.480 e. The zero-order valence-electron chi connectivity index (χ0n) is 9.13. The number of fused-ring (bicyclic) bond motifs is 1. The number of hydrogen-bond donors (Lipinski definition) is 2. The summed E-state index contributed by atoms with van der Waals surface area (Å²) in [6.07, 6.45) is 0. The average Bonchev–Trinajstić information content (AvgIpc) is 2.59. The number of carbonyl (C=O) groups is 1. The minimum atomic E-state index is -0.817. The first kappa shape index (κ1) is 11.1. The fourth-order valence-corrected chi connectivity index (χ4v) is 1.99. The summed E-state index contributed by atoms with van der Waals surface area (Å²) in [5.41, 5.74) is 1.60. The SMILES string of the molecule is C[C@H]1Cn2nc(CO)cc2CN1CC(=O)O. The second kappa shape index (κ2) is 4.23. The third-order valence-corrected chi connectivity index (χ3v) is 2.84. The Balaban J connectivity index is 2.17. The van der Waals surface area contributed by atoms with Crippen LogP contribution in [0.5, 0.6) is 0 Å². The Bertz CT molecular complexity index is 402. The Morgan fingerprint density at radius 2 is 2.44 bits per heavy atom. The van der Waals surface area contributed by atoms with E-state index in [1.807, 2.05) is 22.6 Å². The second-order valence-electron chi connectivity index (χ2n) is 4.11. The molecular weight excluding hydrogens is 210 g/mol. The highest BCUT2D eigenvalue weighted by Gasteiger charge is 2.25. The summed E-state index contributed by atoms with van der Waals surface area (Å²) in [5, 5.41) is 22.0. The number of carboxylic acids is 1. The van der Waals surface area contributed by atoms with Crippen LogP contribution in [0.1, 0.15) is 18.3 Å². The fraction of sp³-hybridized carbons (Fsp3) is 0.600. The van der Waals surface area contributed by atoms with Gasteiger partial charge in [0.15, 0.2) is 0 Å². The number of hydrogen-bond acceptors (Lipinski definition) is 4. The summed E-state index contributed by atoms with van der Waals surface area (Å²) in [7, 11) is 0. The number of aliphatic carboxylic acids is 1. The quantitative estimate of drug-likeness (QED) is 0.736. The third-order valence-electron chi connectivity index (χ3n) is 2.84. The largest absolute Gasteiger partial charge is 0.480 e. The molecule has 0 fully saturated rings. The predicted octanol–water partition coefficient (Wildman–Crippen LogP) is -0.336. The van der Waals surface area contributed by atoms with Gasteiger partial charge in [0.2, 0.25) is 0 Å². The Morgan fingerprint density at radius 1 is 1.69 bits per heavy atom. The molecule has 0 aliphatic carbocycles. The van der Waals surface area contributed by atoms with Crippen LogP contribution in [0.2, 0.25) is 0 Å². The molecular formula is C10H15N3O3. The van der Waals surface area contributed by atoms with Crippen LogP contribution in [0.25, 0.3) is 0 Å². The molecule has 1 aliphatic rings. The first-order valence-electron chi connectivity index (χ1n) is 5.22. The fourth-order valence-electron chi connectivity index (χ4n) is 1.99. The third kappa shape index (κ3) is 2.07. The minimum absolute atomic E-state index is 0.0425. The van der Waals surface area contributed by atoms with Crippen molar-refractivity contribution in [3.8, 4) is 0 Å². The first-order chi connectivity index (χ1) is 7.60. The van der Waals surface area contributed by atoms with Crippen molar-refractivity contribution in [2.24, 2.45) is 0 Å². The van der Waals surface area contributed by atoms with E-state index >= 15 is 0 Å². The van der Waals surface area contributed by atoms with Gasteiger partial charge in [-0.3, -0.25) is 14.4 Å². The lowest BCUT2D eigenvalue weighted by atomic mass is 10.2. The van der Waals surface area contributed by atoms with Crippen LogP contribution in [0.15, 0.2) is 6.07 Å². The highest BCUT2D eigenvalue weighted by Crippen LogP contribution is 2.17. The maximum atomic E-state index is 10.7. The monoisotopic (exact) mass is 225 g/mol. The van der Waals surface area contributed by atoms with Crippen LogP contribution in [0.3, 0.4) is 0 Å². The molecule has 0 saturated heterocycles. The van der Waals surface area contributed by atoms with E-state index in [9.17, 15) is 4.79 Å². The maximum Gasteiger partial charge on any atom is 0.317 e. The van der Waals surface area contributed by atoms with Crippen molar-refractivity contribution in [3.63, 3.8) is 0 Å². The van der Waals surface area contributed by atoms with Gasteiger partial charge in [-0.2, -0.15) is 5.10 Å². The molecule has 16 heavy (non-hydrogen) atoms. The lowest BCUT2D eigenvalue weighted by molar-refractivity contribution is -0.139. The van der Waals surface area contributed by atoms with E-state index in [0.29, 0.717) is 18.8 Å². The van der Waals surface area contributed by atoms with E-state index in [1.54, 1.807) is 0 Å². The highest BCUT2D eigenvalue weighted by atomic mass is 16.4.